The molecule has 0 bridgehead atoms. The van der Waals surface area contributed by atoms with E-state index >= 15 is 0 Å². The minimum Gasteiger partial charge on any atom is -0.858 e. The Morgan fingerprint density at radius 2 is 1.69 bits per heavy atom. The molecule has 0 heterocycles. The maximum absolute atomic E-state index is 12.7. The molecule has 0 radical (unpaired) electrons. The molecular weight excluding hydrogens is 412 g/mol. The first-order chi connectivity index (χ1) is 13.9. The number of sulfonamides is 1. The van der Waals surface area contributed by atoms with Crippen molar-refractivity contribution in [1.82, 2.24) is 0 Å². The Bertz CT molecular complexity index is 1110. The fourth-order valence-corrected chi connectivity index (χ4v) is 3.74. The van der Waals surface area contributed by atoms with Crippen LogP contribution in [0.1, 0.15) is 12.5 Å². The van der Waals surface area contributed by atoms with Gasteiger partial charge >= 0.3 is 0 Å². The number of hydrogen-bond acceptors (Lipinski definition) is 5. The Morgan fingerprint density at radius 3 is 2.34 bits per heavy atom. The zero-order valence-corrected chi connectivity index (χ0v) is 17.1. The highest BCUT2D eigenvalue weighted by Crippen LogP contribution is 2.23. The Labute approximate surface area is 174 Å². The molecule has 150 valence electrons. The van der Waals surface area contributed by atoms with Gasteiger partial charge in [-0.2, -0.15) is 0 Å². The van der Waals surface area contributed by atoms with E-state index in [0.29, 0.717) is 23.1 Å². The predicted molar refractivity (Wildman–Crippen MR) is 113 cm³/mol. The summed E-state index contributed by atoms with van der Waals surface area (Å²) >= 11 is 5.81. The molecule has 0 fully saturated rings. The van der Waals surface area contributed by atoms with Crippen LogP contribution in [0.25, 0.3) is 0 Å². The first-order valence-electron chi connectivity index (χ1n) is 8.75. The number of nitrogens with zero attached hydrogens (tertiary/aromatic N) is 1. The third-order valence-corrected chi connectivity index (χ3v) is 5.54. The van der Waals surface area contributed by atoms with Crippen molar-refractivity contribution in [3.63, 3.8) is 0 Å². The van der Waals surface area contributed by atoms with E-state index in [1.165, 1.54) is 36.4 Å². The molecule has 3 aromatic rings. The van der Waals surface area contributed by atoms with E-state index in [0.717, 1.165) is 0 Å². The van der Waals surface area contributed by atoms with Crippen LogP contribution in [0.5, 0.6) is 5.75 Å². The first-order valence-corrected chi connectivity index (χ1v) is 10.6. The highest BCUT2D eigenvalue weighted by molar-refractivity contribution is 7.92. The van der Waals surface area contributed by atoms with Gasteiger partial charge in [0.1, 0.15) is 5.75 Å². The van der Waals surface area contributed by atoms with Gasteiger partial charge in [-0.25, -0.2) is 8.42 Å². The van der Waals surface area contributed by atoms with Gasteiger partial charge in [-0.1, -0.05) is 29.8 Å². The lowest BCUT2D eigenvalue weighted by molar-refractivity contribution is -0.212. The molecule has 0 unspecified atom stereocenters. The van der Waals surface area contributed by atoms with E-state index in [-0.39, 0.29) is 16.1 Å². The van der Waals surface area contributed by atoms with Gasteiger partial charge in [-0.15, -0.1) is 0 Å². The number of halogens is 1. The fourth-order valence-electron chi connectivity index (χ4n) is 2.54. The second-order valence-corrected chi connectivity index (χ2v) is 8.07. The summed E-state index contributed by atoms with van der Waals surface area (Å²) in [6, 6.07) is 18.8. The van der Waals surface area contributed by atoms with Crippen LogP contribution in [0.3, 0.4) is 0 Å². The maximum atomic E-state index is 12.7. The number of rotatable bonds is 7. The summed E-state index contributed by atoms with van der Waals surface area (Å²) in [5.41, 5.74) is 0.717. The van der Waals surface area contributed by atoms with Crippen LogP contribution in [0.15, 0.2) is 82.7 Å². The molecule has 0 aliphatic heterocycles. The third-order valence-electron chi connectivity index (χ3n) is 3.90. The number of benzene rings is 3. The van der Waals surface area contributed by atoms with E-state index in [9.17, 15) is 13.5 Å². The summed E-state index contributed by atoms with van der Waals surface area (Å²) < 4.78 is 33.1. The van der Waals surface area contributed by atoms with Crippen LogP contribution < -0.4 is 14.6 Å². The molecule has 6 nitrogen and oxygen atoms in total. The average molecular weight is 430 g/mol. The summed E-state index contributed by atoms with van der Waals surface area (Å²) in [5, 5.41) is 13.1. The van der Waals surface area contributed by atoms with Crippen molar-refractivity contribution < 1.29 is 18.3 Å². The smallest absolute Gasteiger partial charge is 0.261 e. The van der Waals surface area contributed by atoms with Crippen molar-refractivity contribution >= 4 is 38.9 Å². The predicted octanol–water partition coefficient (Wildman–Crippen LogP) is 3.98. The highest BCUT2D eigenvalue weighted by atomic mass is 35.5. The van der Waals surface area contributed by atoms with Gasteiger partial charge < -0.3 is 9.84 Å². The molecule has 8 heteroatoms. The second kappa shape index (κ2) is 8.98. The fraction of sp³-hybridized carbons (Fsp3) is 0.0952. The van der Waals surface area contributed by atoms with Gasteiger partial charge in [0.05, 0.1) is 22.9 Å². The van der Waals surface area contributed by atoms with Gasteiger partial charge in [0.15, 0.2) is 0 Å². The topological polar surface area (TPSA) is 90.8 Å². The quantitative estimate of drug-likeness (QED) is 0.454. The molecule has 3 rings (SSSR count). The summed E-state index contributed by atoms with van der Waals surface area (Å²) in [7, 11) is -3.89. The lowest BCUT2D eigenvalue weighted by Gasteiger charge is -2.17. The highest BCUT2D eigenvalue weighted by Gasteiger charge is 2.16. The van der Waals surface area contributed by atoms with Crippen LogP contribution in [0.4, 0.5) is 11.4 Å². The molecular formula is C21H18ClN2O4S-. The monoisotopic (exact) mass is 429 g/mol. The van der Waals surface area contributed by atoms with E-state index in [4.69, 9.17) is 16.3 Å². The van der Waals surface area contributed by atoms with E-state index in [1.807, 2.05) is 6.92 Å². The molecule has 1 N–H and O–H groups in total. The molecule has 29 heavy (non-hydrogen) atoms. The van der Waals surface area contributed by atoms with Crippen molar-refractivity contribution in [3.8, 4) is 5.75 Å². The van der Waals surface area contributed by atoms with Crippen LogP contribution in [-0.2, 0) is 10.0 Å². The van der Waals surface area contributed by atoms with Crippen molar-refractivity contribution in [2.24, 2.45) is 4.99 Å². The van der Waals surface area contributed by atoms with E-state index in [2.05, 4.69) is 9.71 Å². The van der Waals surface area contributed by atoms with Crippen LogP contribution >= 0.6 is 11.6 Å². The van der Waals surface area contributed by atoms with E-state index < -0.39 is 15.9 Å². The molecule has 0 amide bonds. The summed E-state index contributed by atoms with van der Waals surface area (Å²) in [6.07, 6.45) is 0. The van der Waals surface area contributed by atoms with E-state index in [1.54, 1.807) is 36.4 Å². The van der Waals surface area contributed by atoms with Gasteiger partial charge in [0, 0.05) is 10.6 Å². The lowest BCUT2D eigenvalue weighted by Crippen LogP contribution is -2.22. The average Bonchev–Trinajstić information content (AvgIpc) is 2.70. The molecule has 0 spiro atoms. The number of aliphatic imine (C=N–C) groups is 1. The molecule has 0 aliphatic rings. The van der Waals surface area contributed by atoms with Gasteiger partial charge in [0.25, 0.3) is 10.0 Å². The summed E-state index contributed by atoms with van der Waals surface area (Å²) in [4.78, 5) is 4.09. The number of hydrogen-bond donors (Lipinski definition) is 1. The molecule has 0 aliphatic carbocycles. The van der Waals surface area contributed by atoms with Gasteiger partial charge in [-0.3, -0.25) is 9.71 Å². The zero-order valence-electron chi connectivity index (χ0n) is 15.5. The van der Waals surface area contributed by atoms with Crippen LogP contribution in [-0.4, -0.2) is 20.9 Å². The van der Waals surface area contributed by atoms with Crippen molar-refractivity contribution in [2.45, 2.75) is 11.8 Å². The van der Waals surface area contributed by atoms with Gasteiger partial charge in [-0.05, 0) is 67.4 Å². The minimum absolute atomic E-state index is 0.0348. The van der Waals surface area contributed by atoms with Crippen molar-refractivity contribution in [1.29, 1.82) is 0 Å². The SMILES string of the molecule is CCOc1ccc(N=C([O-])c2ccccc2NS(=O)(=O)c2ccc(Cl)cc2)cc1. The molecule has 0 atom stereocenters. The van der Waals surface area contributed by atoms with Crippen molar-refractivity contribution in [3.05, 3.63) is 83.4 Å². The summed E-state index contributed by atoms with van der Waals surface area (Å²) in [5.74, 6) is 0.110. The number of para-hydroxylation sites is 1. The number of anilines is 1. The van der Waals surface area contributed by atoms with Crippen molar-refractivity contribution in [2.75, 3.05) is 11.3 Å². The maximum Gasteiger partial charge on any atom is 0.261 e. The summed E-state index contributed by atoms with van der Waals surface area (Å²) in [6.45, 7) is 2.42. The molecule has 0 saturated carbocycles. The number of nitrogens with one attached hydrogen (secondary N) is 1. The Hall–Kier alpha value is -3.03. The largest absolute Gasteiger partial charge is 0.858 e. The normalized spacial score (nSPS) is 11.9. The standard InChI is InChI=1S/C21H19ClN2O4S/c1-2-28-17-11-9-16(10-12-17)23-21(25)19-5-3-4-6-20(19)24-29(26,27)18-13-7-15(22)8-14-18/h3-14,24H,2H2,1H3,(H,23,25)/p-1. The number of ether oxygens (including phenoxy) is 1. The third kappa shape index (κ3) is 5.28. The van der Waals surface area contributed by atoms with Crippen LogP contribution in [0.2, 0.25) is 5.02 Å². The first kappa shape index (κ1) is 20.7. The Morgan fingerprint density at radius 1 is 1.03 bits per heavy atom. The molecule has 0 aromatic heterocycles. The molecule has 0 saturated heterocycles. The second-order valence-electron chi connectivity index (χ2n) is 5.95. The van der Waals surface area contributed by atoms with Gasteiger partial charge in [0.2, 0.25) is 0 Å². The Kier molecular flexibility index (Phi) is 6.41. The Balaban J connectivity index is 1.89. The zero-order chi connectivity index (χ0) is 20.9. The minimum atomic E-state index is -3.89. The lowest BCUT2D eigenvalue weighted by atomic mass is 10.2. The van der Waals surface area contributed by atoms with Crippen LogP contribution in [0, 0.1) is 0 Å². The molecule has 3 aromatic carbocycles.